The van der Waals surface area contributed by atoms with Crippen LogP contribution < -0.4 is 10.2 Å². The molecule has 0 aromatic heterocycles. The zero-order chi connectivity index (χ0) is 14.7. The molecule has 0 saturated heterocycles. The molecule has 104 valence electrons. The number of aryl methyl sites for hydroxylation is 3. The Balaban J connectivity index is 2.22. The highest BCUT2D eigenvalue weighted by Crippen LogP contribution is 2.19. The largest absolute Gasteiger partial charge is 0.492 e. The molecule has 0 spiro atoms. The van der Waals surface area contributed by atoms with Gasteiger partial charge in [0.25, 0.3) is 0 Å². The summed E-state index contributed by atoms with van der Waals surface area (Å²) in [5, 5.41) is 18.9. The average molecular weight is 270 g/mol. The Morgan fingerprint density at radius 1 is 0.950 bits per heavy atom. The van der Waals surface area contributed by atoms with E-state index in [1.165, 1.54) is 5.56 Å². The van der Waals surface area contributed by atoms with Crippen molar-refractivity contribution in [1.29, 1.82) is 0 Å². The van der Waals surface area contributed by atoms with E-state index in [0.29, 0.717) is 17.8 Å². The monoisotopic (exact) mass is 270 g/mol. The lowest BCUT2D eigenvalue weighted by Gasteiger charge is -2.15. The summed E-state index contributed by atoms with van der Waals surface area (Å²) in [4.78, 5) is 0. The fourth-order valence-corrected chi connectivity index (χ4v) is 2.22. The Morgan fingerprint density at radius 3 is 2.20 bits per heavy atom. The van der Waals surface area contributed by atoms with E-state index in [-0.39, 0.29) is 0 Å². The molecule has 2 aromatic rings. The molecule has 0 heterocycles. The van der Waals surface area contributed by atoms with Crippen LogP contribution in [0, 0.1) is 20.8 Å². The summed E-state index contributed by atoms with van der Waals surface area (Å²) in [6, 6.07) is 11.8. The Labute approximate surface area is 120 Å². The molecule has 0 aliphatic carbocycles. The number of rotatable bonds is 4. The van der Waals surface area contributed by atoms with Crippen molar-refractivity contribution in [3.05, 3.63) is 58.7 Å². The SMILES string of the molecule is Cc1ccc(COc2c(C)cc(C)cc2B(O)O)cc1. The van der Waals surface area contributed by atoms with Gasteiger partial charge in [0, 0.05) is 5.46 Å². The molecule has 20 heavy (non-hydrogen) atoms. The van der Waals surface area contributed by atoms with Crippen LogP contribution in [0.5, 0.6) is 5.75 Å². The normalized spacial score (nSPS) is 10.4. The minimum Gasteiger partial charge on any atom is -0.489 e. The molecule has 0 aliphatic rings. The van der Waals surface area contributed by atoms with Gasteiger partial charge in [-0.25, -0.2) is 0 Å². The topological polar surface area (TPSA) is 49.7 Å². The Morgan fingerprint density at radius 2 is 1.60 bits per heavy atom. The molecule has 2 rings (SSSR count). The minimum absolute atomic E-state index is 0.407. The van der Waals surface area contributed by atoms with Crippen molar-refractivity contribution in [2.24, 2.45) is 0 Å². The van der Waals surface area contributed by atoms with Gasteiger partial charge in [-0.1, -0.05) is 47.5 Å². The molecule has 4 heteroatoms. The zero-order valence-electron chi connectivity index (χ0n) is 12.1. The van der Waals surface area contributed by atoms with Crippen molar-refractivity contribution in [3.63, 3.8) is 0 Å². The predicted octanol–water partition coefficient (Wildman–Crippen LogP) is 1.87. The molecule has 0 amide bonds. The van der Waals surface area contributed by atoms with Crippen molar-refractivity contribution in [2.45, 2.75) is 27.4 Å². The van der Waals surface area contributed by atoms with Crippen LogP contribution in [0.25, 0.3) is 0 Å². The van der Waals surface area contributed by atoms with Crippen LogP contribution in [0.4, 0.5) is 0 Å². The second-order valence-corrected chi connectivity index (χ2v) is 5.15. The molecule has 2 aromatic carbocycles. The van der Waals surface area contributed by atoms with Crippen LogP contribution in [-0.2, 0) is 6.61 Å². The predicted molar refractivity (Wildman–Crippen MR) is 81.3 cm³/mol. The smallest absolute Gasteiger partial charge is 0.489 e. The van der Waals surface area contributed by atoms with E-state index in [1.807, 2.05) is 51.1 Å². The van der Waals surface area contributed by atoms with Crippen molar-refractivity contribution in [3.8, 4) is 5.75 Å². The molecule has 3 nitrogen and oxygen atoms in total. The second kappa shape index (κ2) is 6.12. The molecule has 0 unspecified atom stereocenters. The number of hydrogen-bond acceptors (Lipinski definition) is 3. The van der Waals surface area contributed by atoms with Crippen molar-refractivity contribution >= 4 is 12.6 Å². The Kier molecular flexibility index (Phi) is 4.48. The minimum atomic E-state index is -1.53. The maximum atomic E-state index is 9.46. The first-order chi connectivity index (χ1) is 9.47. The van der Waals surface area contributed by atoms with Gasteiger partial charge < -0.3 is 14.8 Å². The highest BCUT2D eigenvalue weighted by Gasteiger charge is 2.19. The summed E-state index contributed by atoms with van der Waals surface area (Å²) >= 11 is 0. The highest BCUT2D eigenvalue weighted by atomic mass is 16.5. The third-order valence-electron chi connectivity index (χ3n) is 3.23. The third kappa shape index (κ3) is 3.41. The van der Waals surface area contributed by atoms with E-state index in [0.717, 1.165) is 16.7 Å². The first-order valence-electron chi connectivity index (χ1n) is 6.63. The quantitative estimate of drug-likeness (QED) is 0.834. The van der Waals surface area contributed by atoms with Gasteiger partial charge in [-0.05, 0) is 31.9 Å². The van der Waals surface area contributed by atoms with Gasteiger partial charge in [0.2, 0.25) is 0 Å². The molecule has 0 atom stereocenters. The van der Waals surface area contributed by atoms with Crippen LogP contribution in [-0.4, -0.2) is 17.2 Å². The second-order valence-electron chi connectivity index (χ2n) is 5.15. The lowest BCUT2D eigenvalue weighted by Crippen LogP contribution is -2.32. The lowest BCUT2D eigenvalue weighted by molar-refractivity contribution is 0.304. The highest BCUT2D eigenvalue weighted by molar-refractivity contribution is 6.59. The summed E-state index contributed by atoms with van der Waals surface area (Å²) in [7, 11) is -1.53. The molecular formula is C16H19BO3. The maximum Gasteiger partial charge on any atom is 0.492 e. The fraction of sp³-hybridized carbons (Fsp3) is 0.250. The zero-order valence-corrected chi connectivity index (χ0v) is 12.1. The summed E-state index contributed by atoms with van der Waals surface area (Å²) in [6.45, 7) is 6.27. The average Bonchev–Trinajstić information content (AvgIpc) is 2.38. The first kappa shape index (κ1) is 14.6. The maximum absolute atomic E-state index is 9.46. The number of benzene rings is 2. The van der Waals surface area contributed by atoms with Crippen molar-refractivity contribution in [1.82, 2.24) is 0 Å². The van der Waals surface area contributed by atoms with E-state index in [1.54, 1.807) is 6.07 Å². The molecule has 0 saturated carbocycles. The van der Waals surface area contributed by atoms with Crippen LogP contribution in [0.3, 0.4) is 0 Å². The van der Waals surface area contributed by atoms with Crippen molar-refractivity contribution < 1.29 is 14.8 Å². The van der Waals surface area contributed by atoms with Crippen LogP contribution in [0.15, 0.2) is 36.4 Å². The summed E-state index contributed by atoms with van der Waals surface area (Å²) < 4.78 is 5.79. The fourth-order valence-electron chi connectivity index (χ4n) is 2.22. The Bertz CT molecular complexity index is 591. The molecular weight excluding hydrogens is 251 g/mol. The molecule has 0 aliphatic heterocycles. The summed E-state index contributed by atoms with van der Waals surface area (Å²) in [5.41, 5.74) is 4.55. The Hall–Kier alpha value is -1.78. The van der Waals surface area contributed by atoms with Gasteiger partial charge >= 0.3 is 7.12 Å². The van der Waals surface area contributed by atoms with E-state index in [2.05, 4.69) is 0 Å². The number of ether oxygens (including phenoxy) is 1. The molecule has 0 radical (unpaired) electrons. The lowest BCUT2D eigenvalue weighted by atomic mass is 9.78. The first-order valence-corrected chi connectivity index (χ1v) is 6.63. The van der Waals surface area contributed by atoms with Gasteiger partial charge in [-0.15, -0.1) is 0 Å². The van der Waals surface area contributed by atoms with Gasteiger partial charge in [-0.3, -0.25) is 0 Å². The van der Waals surface area contributed by atoms with Crippen molar-refractivity contribution in [2.75, 3.05) is 0 Å². The van der Waals surface area contributed by atoms with E-state index < -0.39 is 7.12 Å². The summed E-state index contributed by atoms with van der Waals surface area (Å²) in [5.74, 6) is 0.547. The third-order valence-corrected chi connectivity index (χ3v) is 3.23. The van der Waals surface area contributed by atoms with Crippen LogP contribution in [0.2, 0.25) is 0 Å². The van der Waals surface area contributed by atoms with Gasteiger partial charge in [-0.2, -0.15) is 0 Å². The van der Waals surface area contributed by atoms with Crippen LogP contribution in [0.1, 0.15) is 22.3 Å². The standard InChI is InChI=1S/C16H19BO3/c1-11-4-6-14(7-5-11)10-20-16-13(3)8-12(2)9-15(16)17(18)19/h4-9,18-19H,10H2,1-3H3. The van der Waals surface area contributed by atoms with Crippen LogP contribution >= 0.6 is 0 Å². The van der Waals surface area contributed by atoms with Gasteiger partial charge in [0.15, 0.2) is 0 Å². The van der Waals surface area contributed by atoms with E-state index in [4.69, 9.17) is 4.74 Å². The molecule has 0 bridgehead atoms. The van der Waals surface area contributed by atoms with Gasteiger partial charge in [0.05, 0.1) is 0 Å². The van der Waals surface area contributed by atoms with Gasteiger partial charge in [0.1, 0.15) is 12.4 Å². The molecule has 2 N–H and O–H groups in total. The van der Waals surface area contributed by atoms with E-state index >= 15 is 0 Å². The van der Waals surface area contributed by atoms with E-state index in [9.17, 15) is 10.0 Å². The number of hydrogen-bond donors (Lipinski definition) is 2. The summed E-state index contributed by atoms with van der Waals surface area (Å²) in [6.07, 6.45) is 0. The molecule has 0 fully saturated rings.